The van der Waals surface area contributed by atoms with Crippen LogP contribution >= 0.6 is 0 Å². The number of amides is 2. The van der Waals surface area contributed by atoms with E-state index in [9.17, 15) is 24.6 Å². The van der Waals surface area contributed by atoms with Gasteiger partial charge in [-0.2, -0.15) is 0 Å². The molecule has 2 amide bonds. The van der Waals surface area contributed by atoms with Gasteiger partial charge in [-0.25, -0.2) is 4.79 Å². The zero-order chi connectivity index (χ0) is 23.5. The molecule has 5 N–H and O–H groups in total. The number of aliphatic hydroxyl groups excluding tert-OH is 1. The highest BCUT2D eigenvalue weighted by Crippen LogP contribution is 2.45. The van der Waals surface area contributed by atoms with Crippen molar-refractivity contribution in [1.82, 2.24) is 10.6 Å². The van der Waals surface area contributed by atoms with Crippen molar-refractivity contribution < 1.29 is 34.4 Å². The first kappa shape index (κ1) is 23.2. The number of ether oxygens (including phenoxy) is 1. The molecule has 2 aromatic carbocycles. The lowest BCUT2D eigenvalue weighted by Crippen LogP contribution is -2.54. The van der Waals surface area contributed by atoms with Gasteiger partial charge in [-0.05, 0) is 25.0 Å². The van der Waals surface area contributed by atoms with Crippen molar-refractivity contribution in [3.05, 3.63) is 59.7 Å². The Labute approximate surface area is 185 Å². The van der Waals surface area contributed by atoms with Crippen LogP contribution in [0.2, 0.25) is 0 Å². The van der Waals surface area contributed by atoms with Crippen molar-refractivity contribution in [3.8, 4) is 11.1 Å². The number of aliphatic hydroxyl groups is 2. The topological polar surface area (TPSA) is 145 Å². The summed E-state index contributed by atoms with van der Waals surface area (Å²) in [6.07, 6.45) is -1.96. The quantitative estimate of drug-likeness (QED) is 0.417. The standard InChI is InChI=1S/C23H26N2O7/c1-13(21(28)29)24-20(27)18(11-23(2,31)12-26)25-22(30)32-19-16-9-5-3-7-14(16)15-8-4-6-10-17(15)19/h3-10,13,18-19,26,31H,11-12H2,1-2H3,(H,24,27)(H,25,30)(H,28,29)/t13-,18-,23-/m0/s1. The van der Waals surface area contributed by atoms with E-state index in [1.807, 2.05) is 48.5 Å². The number of rotatable bonds is 8. The van der Waals surface area contributed by atoms with Crippen LogP contribution < -0.4 is 10.6 Å². The fraction of sp³-hybridized carbons (Fsp3) is 0.348. The van der Waals surface area contributed by atoms with E-state index in [0.717, 1.165) is 22.3 Å². The molecule has 0 aliphatic heterocycles. The summed E-state index contributed by atoms with van der Waals surface area (Å²) < 4.78 is 5.66. The highest BCUT2D eigenvalue weighted by molar-refractivity contribution is 5.89. The SMILES string of the molecule is C[C@H](NC(=O)[C@H](C[C@](C)(O)CO)NC(=O)OC1c2ccccc2-c2ccccc21)C(=O)O. The van der Waals surface area contributed by atoms with Gasteiger partial charge in [0.05, 0.1) is 12.2 Å². The van der Waals surface area contributed by atoms with Gasteiger partial charge in [0, 0.05) is 17.5 Å². The van der Waals surface area contributed by atoms with Crippen molar-refractivity contribution in [2.75, 3.05) is 6.61 Å². The van der Waals surface area contributed by atoms with E-state index in [-0.39, 0.29) is 6.42 Å². The number of hydrogen-bond donors (Lipinski definition) is 5. The Morgan fingerprint density at radius 1 is 1.03 bits per heavy atom. The lowest BCUT2D eigenvalue weighted by Gasteiger charge is -2.27. The van der Waals surface area contributed by atoms with Crippen LogP contribution in [0, 0.1) is 0 Å². The first-order valence-electron chi connectivity index (χ1n) is 10.1. The van der Waals surface area contributed by atoms with Crippen molar-refractivity contribution >= 4 is 18.0 Å². The van der Waals surface area contributed by atoms with Gasteiger partial charge >= 0.3 is 12.1 Å². The smallest absolute Gasteiger partial charge is 0.408 e. The van der Waals surface area contributed by atoms with Crippen LogP contribution in [0.4, 0.5) is 4.79 Å². The van der Waals surface area contributed by atoms with Crippen LogP contribution in [0.1, 0.15) is 37.5 Å². The van der Waals surface area contributed by atoms with Gasteiger partial charge in [-0.15, -0.1) is 0 Å². The number of carbonyl (C=O) groups is 3. The number of benzene rings is 2. The molecule has 2 aromatic rings. The Kier molecular flexibility index (Phi) is 6.81. The molecule has 9 nitrogen and oxygen atoms in total. The summed E-state index contributed by atoms with van der Waals surface area (Å²) >= 11 is 0. The van der Waals surface area contributed by atoms with E-state index in [4.69, 9.17) is 9.84 Å². The molecule has 1 aliphatic carbocycles. The third-order valence-corrected chi connectivity index (χ3v) is 5.32. The molecule has 0 fully saturated rings. The zero-order valence-corrected chi connectivity index (χ0v) is 17.7. The summed E-state index contributed by atoms with van der Waals surface area (Å²) in [5, 5.41) is 33.3. The number of hydrogen-bond acceptors (Lipinski definition) is 6. The van der Waals surface area contributed by atoms with E-state index in [1.54, 1.807) is 0 Å². The van der Waals surface area contributed by atoms with Crippen LogP contribution in [0.5, 0.6) is 0 Å². The number of fused-ring (bicyclic) bond motifs is 3. The highest BCUT2D eigenvalue weighted by atomic mass is 16.6. The Hall–Kier alpha value is -3.43. The summed E-state index contributed by atoms with van der Waals surface area (Å²) in [6.45, 7) is 1.90. The van der Waals surface area contributed by atoms with Gasteiger partial charge in [0.1, 0.15) is 12.1 Å². The average molecular weight is 442 g/mol. The second kappa shape index (κ2) is 9.37. The van der Waals surface area contributed by atoms with E-state index in [1.165, 1.54) is 13.8 Å². The first-order valence-corrected chi connectivity index (χ1v) is 10.1. The molecular formula is C23H26N2O7. The number of carbonyl (C=O) groups excluding carboxylic acids is 2. The van der Waals surface area contributed by atoms with Gasteiger partial charge in [-0.1, -0.05) is 48.5 Å². The Morgan fingerprint density at radius 3 is 2.06 bits per heavy atom. The van der Waals surface area contributed by atoms with Gasteiger partial charge < -0.3 is 30.7 Å². The molecule has 9 heteroatoms. The minimum Gasteiger partial charge on any atom is -0.480 e. The molecule has 170 valence electrons. The van der Waals surface area contributed by atoms with Crippen molar-refractivity contribution in [1.29, 1.82) is 0 Å². The van der Waals surface area contributed by atoms with Crippen LogP contribution in [0.15, 0.2) is 48.5 Å². The van der Waals surface area contributed by atoms with Crippen molar-refractivity contribution in [2.45, 2.75) is 44.1 Å². The minimum atomic E-state index is -1.69. The summed E-state index contributed by atoms with van der Waals surface area (Å²) in [4.78, 5) is 36.4. The second-order valence-electron chi connectivity index (χ2n) is 8.08. The lowest BCUT2D eigenvalue weighted by atomic mass is 9.97. The fourth-order valence-corrected chi connectivity index (χ4v) is 3.61. The molecule has 0 radical (unpaired) electrons. The second-order valence-corrected chi connectivity index (χ2v) is 8.08. The Bertz CT molecular complexity index is 975. The number of carboxylic acid groups (broad SMARTS) is 1. The molecule has 32 heavy (non-hydrogen) atoms. The van der Waals surface area contributed by atoms with Gasteiger partial charge in [-0.3, -0.25) is 9.59 Å². The van der Waals surface area contributed by atoms with E-state index in [2.05, 4.69) is 10.6 Å². The monoisotopic (exact) mass is 442 g/mol. The van der Waals surface area contributed by atoms with Crippen LogP contribution in [-0.4, -0.2) is 57.6 Å². The van der Waals surface area contributed by atoms with E-state index >= 15 is 0 Å². The van der Waals surface area contributed by atoms with Crippen LogP contribution in [0.3, 0.4) is 0 Å². The summed E-state index contributed by atoms with van der Waals surface area (Å²) in [7, 11) is 0. The summed E-state index contributed by atoms with van der Waals surface area (Å²) in [5.74, 6) is -2.08. The maximum atomic E-state index is 12.8. The molecule has 3 atom stereocenters. The van der Waals surface area contributed by atoms with Crippen LogP contribution in [0.25, 0.3) is 11.1 Å². The number of aliphatic carboxylic acids is 1. The molecule has 0 heterocycles. The molecule has 0 saturated carbocycles. The fourth-order valence-electron chi connectivity index (χ4n) is 3.61. The van der Waals surface area contributed by atoms with Crippen molar-refractivity contribution in [3.63, 3.8) is 0 Å². The average Bonchev–Trinajstić information content (AvgIpc) is 3.07. The normalized spacial score (nSPS) is 16.1. The molecule has 1 aliphatic rings. The van der Waals surface area contributed by atoms with Gasteiger partial charge in [0.25, 0.3) is 0 Å². The third kappa shape index (κ3) is 5.06. The van der Waals surface area contributed by atoms with Gasteiger partial charge in [0.15, 0.2) is 6.10 Å². The molecular weight excluding hydrogens is 416 g/mol. The van der Waals surface area contributed by atoms with E-state index < -0.39 is 48.4 Å². The molecule has 0 saturated heterocycles. The van der Waals surface area contributed by atoms with Crippen molar-refractivity contribution in [2.24, 2.45) is 0 Å². The predicted molar refractivity (Wildman–Crippen MR) is 115 cm³/mol. The molecule has 3 rings (SSSR count). The Morgan fingerprint density at radius 2 is 1.56 bits per heavy atom. The predicted octanol–water partition coefficient (Wildman–Crippen LogP) is 1.57. The number of nitrogens with one attached hydrogen (secondary N) is 2. The number of carboxylic acids is 1. The Balaban J connectivity index is 1.79. The highest BCUT2D eigenvalue weighted by Gasteiger charge is 2.35. The third-order valence-electron chi connectivity index (χ3n) is 5.32. The van der Waals surface area contributed by atoms with Crippen LogP contribution in [-0.2, 0) is 14.3 Å². The summed E-state index contributed by atoms with van der Waals surface area (Å²) in [5.41, 5.74) is 1.79. The molecule has 0 unspecified atom stereocenters. The number of alkyl carbamates (subject to hydrolysis) is 1. The zero-order valence-electron chi connectivity index (χ0n) is 17.7. The molecule has 0 bridgehead atoms. The minimum absolute atomic E-state index is 0.353. The summed E-state index contributed by atoms with van der Waals surface area (Å²) in [6, 6.07) is 12.5. The largest absolute Gasteiger partial charge is 0.480 e. The molecule has 0 aromatic heterocycles. The lowest BCUT2D eigenvalue weighted by molar-refractivity contribution is -0.141. The van der Waals surface area contributed by atoms with E-state index in [0.29, 0.717) is 0 Å². The van der Waals surface area contributed by atoms with Gasteiger partial charge in [0.2, 0.25) is 5.91 Å². The maximum absolute atomic E-state index is 12.8. The first-order chi connectivity index (χ1) is 15.1. The molecule has 0 spiro atoms. The maximum Gasteiger partial charge on any atom is 0.408 e.